The van der Waals surface area contributed by atoms with Crippen molar-refractivity contribution in [2.45, 2.75) is 168 Å². The Bertz CT molecular complexity index is 2020. The molecule has 0 aromatic heterocycles. The van der Waals surface area contributed by atoms with Crippen LogP contribution in [0.1, 0.15) is 102 Å². The number of carboxylic acids is 1. The molecule has 1 fully saturated rings. The number of epoxide rings is 1. The van der Waals surface area contributed by atoms with E-state index in [1.807, 2.05) is 105 Å². The van der Waals surface area contributed by atoms with E-state index >= 15 is 0 Å². The summed E-state index contributed by atoms with van der Waals surface area (Å²) < 4.78 is 44.3. The number of non-ortho nitro benzene ring substituents is 1. The SMILES string of the molecule is CCOC(C)OC1(C)CCC(O[Si](CC)(CC)CC)C(C(=O)O)C(=O)OC(/C(C)=C/C=C/C(C)CC2OC2C(C)C(CC)OC(=O)Nc2ccccc2)C(C)/C=C\C1Oc1ccc([N+](=O)[O-])cc1. The Hall–Kier alpha value is -4.87. The molecular formula is C52H76N2O13Si. The number of nitrogens with zero attached hydrogens (tertiary/aromatic N) is 1. The van der Waals surface area contributed by atoms with E-state index in [9.17, 15) is 29.6 Å². The molecular weight excluding hydrogens is 889 g/mol. The molecule has 16 heteroatoms. The van der Waals surface area contributed by atoms with Crippen LogP contribution in [-0.4, -0.2) is 91.5 Å². The van der Waals surface area contributed by atoms with Crippen molar-refractivity contribution in [1.29, 1.82) is 0 Å². The molecule has 2 aliphatic rings. The molecule has 1 saturated heterocycles. The van der Waals surface area contributed by atoms with Gasteiger partial charge in [0.15, 0.2) is 20.5 Å². The van der Waals surface area contributed by atoms with Gasteiger partial charge in [0.2, 0.25) is 0 Å². The first-order valence-electron chi connectivity index (χ1n) is 24.4. The number of para-hydroxylation sites is 1. The minimum atomic E-state index is -2.51. The second-order valence-electron chi connectivity index (χ2n) is 18.4. The van der Waals surface area contributed by atoms with Crippen LogP contribution in [0.25, 0.3) is 0 Å². The highest BCUT2D eigenvalue weighted by molar-refractivity contribution is 6.73. The van der Waals surface area contributed by atoms with Crippen LogP contribution in [0.5, 0.6) is 5.75 Å². The van der Waals surface area contributed by atoms with Crippen LogP contribution < -0.4 is 10.1 Å². The number of nitro groups is 1. The van der Waals surface area contributed by atoms with Gasteiger partial charge in [0.1, 0.15) is 29.7 Å². The van der Waals surface area contributed by atoms with Gasteiger partial charge in [-0.1, -0.05) is 91.0 Å². The van der Waals surface area contributed by atoms with Gasteiger partial charge >= 0.3 is 18.0 Å². The summed E-state index contributed by atoms with van der Waals surface area (Å²) in [5.74, 6) is -3.92. The Kier molecular flexibility index (Phi) is 21.5. The Balaban J connectivity index is 1.64. The molecule has 12 unspecified atom stereocenters. The van der Waals surface area contributed by atoms with E-state index in [4.69, 9.17) is 32.8 Å². The predicted molar refractivity (Wildman–Crippen MR) is 264 cm³/mol. The fourth-order valence-corrected chi connectivity index (χ4v) is 11.9. The summed E-state index contributed by atoms with van der Waals surface area (Å²) in [6.07, 6.45) is 6.88. The number of rotatable bonds is 23. The number of hydrogen-bond donors (Lipinski definition) is 2. The Morgan fingerprint density at radius 1 is 1.01 bits per heavy atom. The maximum atomic E-state index is 14.4. The van der Waals surface area contributed by atoms with Crippen molar-refractivity contribution in [2.24, 2.45) is 23.7 Å². The lowest BCUT2D eigenvalue weighted by atomic mass is 9.86. The van der Waals surface area contributed by atoms with Crippen LogP contribution >= 0.6 is 0 Å². The Labute approximate surface area is 404 Å². The van der Waals surface area contributed by atoms with Crippen molar-refractivity contribution < 1.29 is 57.3 Å². The number of carboxylic acid groups (broad SMARTS) is 1. The maximum absolute atomic E-state index is 14.4. The van der Waals surface area contributed by atoms with Crippen molar-refractivity contribution in [2.75, 3.05) is 11.9 Å². The van der Waals surface area contributed by atoms with Gasteiger partial charge in [-0.3, -0.25) is 25.0 Å². The van der Waals surface area contributed by atoms with Gasteiger partial charge in [0.25, 0.3) is 5.69 Å². The van der Waals surface area contributed by atoms with Crippen molar-refractivity contribution in [3.63, 3.8) is 0 Å². The number of nitrogens with one attached hydrogen (secondary N) is 1. The van der Waals surface area contributed by atoms with Crippen LogP contribution in [0, 0.1) is 33.8 Å². The first-order valence-corrected chi connectivity index (χ1v) is 26.9. The summed E-state index contributed by atoms with van der Waals surface area (Å²) in [6.45, 7) is 21.8. The van der Waals surface area contributed by atoms with E-state index in [1.54, 1.807) is 19.1 Å². The number of carbonyl (C=O) groups is 3. The third-order valence-electron chi connectivity index (χ3n) is 13.5. The number of cyclic esters (lactones) is 1. The van der Waals surface area contributed by atoms with Gasteiger partial charge in [0.05, 0.1) is 23.2 Å². The number of nitro benzene ring substituents is 1. The van der Waals surface area contributed by atoms with Crippen LogP contribution in [-0.2, 0) is 37.7 Å². The normalized spacial score (nSPS) is 27.1. The standard InChI is InChI=1S/C52H76N2O13Si/c1-12-42(64-51(58)53-39-23-18-17-19-24-39)37(9)48-44(63-48)33-34(6)21-20-22-35(7)47-36(8)25-30-45(62-41-28-26-40(27-29-41)54(59)60)52(11,66-38(10)61-13-2)32-31-43(46(49(55)56)50(57)65-47)67-68(14-3,15-4)16-5/h17-30,34,36-38,42-48H,12-16,31-33H2,1-11H3,(H,53,58)(H,55,56)/b21-20+,30-25-,35-22+. The molecule has 0 bridgehead atoms. The summed E-state index contributed by atoms with van der Waals surface area (Å²) in [4.78, 5) is 51.4. The molecule has 0 saturated carbocycles. The first kappa shape index (κ1) is 55.7. The molecule has 2 aromatic carbocycles. The van der Waals surface area contributed by atoms with Crippen molar-refractivity contribution in [1.82, 2.24) is 0 Å². The second-order valence-corrected chi connectivity index (χ2v) is 23.2. The van der Waals surface area contributed by atoms with E-state index in [-0.39, 0.29) is 48.7 Å². The van der Waals surface area contributed by atoms with E-state index in [1.165, 1.54) is 24.3 Å². The average molecular weight is 965 g/mol. The molecule has 2 aliphatic heterocycles. The number of carbonyl (C=O) groups excluding carboxylic acids is 2. The molecule has 1 amide bonds. The number of aliphatic carboxylic acids is 1. The number of hydrogen-bond acceptors (Lipinski definition) is 12. The largest absolute Gasteiger partial charge is 0.483 e. The molecule has 2 heterocycles. The number of esters is 1. The zero-order valence-electron chi connectivity index (χ0n) is 41.9. The second kappa shape index (κ2) is 26.2. The monoisotopic (exact) mass is 965 g/mol. The zero-order valence-corrected chi connectivity index (χ0v) is 42.9. The van der Waals surface area contributed by atoms with Crippen LogP contribution in [0.2, 0.25) is 18.1 Å². The van der Waals surface area contributed by atoms with Gasteiger partial charge in [-0.2, -0.15) is 0 Å². The summed E-state index contributed by atoms with van der Waals surface area (Å²) in [5.41, 5.74) is 0.0680. The van der Waals surface area contributed by atoms with Gasteiger partial charge in [0, 0.05) is 36.3 Å². The molecule has 2 aromatic rings. The zero-order chi connectivity index (χ0) is 50.2. The van der Waals surface area contributed by atoms with Gasteiger partial charge in [-0.15, -0.1) is 0 Å². The number of ether oxygens (including phenoxy) is 6. The first-order chi connectivity index (χ1) is 32.3. The average Bonchev–Trinajstić information content (AvgIpc) is 4.08. The summed E-state index contributed by atoms with van der Waals surface area (Å²) in [6, 6.07) is 17.1. The Morgan fingerprint density at radius 3 is 2.26 bits per heavy atom. The Morgan fingerprint density at radius 2 is 1.68 bits per heavy atom. The summed E-state index contributed by atoms with van der Waals surface area (Å²) in [7, 11) is -2.51. The lowest BCUT2D eigenvalue weighted by molar-refractivity contribution is -0.384. The molecule has 0 spiro atoms. The number of allylic oxidation sites excluding steroid dienone is 3. The van der Waals surface area contributed by atoms with Crippen LogP contribution in [0.4, 0.5) is 16.2 Å². The third-order valence-corrected chi connectivity index (χ3v) is 18.1. The van der Waals surface area contributed by atoms with E-state index in [2.05, 4.69) is 18.3 Å². The highest BCUT2D eigenvalue weighted by Gasteiger charge is 2.48. The predicted octanol–water partition coefficient (Wildman–Crippen LogP) is 11.4. The molecule has 0 aliphatic carbocycles. The van der Waals surface area contributed by atoms with E-state index in [0.717, 1.165) is 24.6 Å². The number of amides is 1. The highest BCUT2D eigenvalue weighted by Crippen LogP contribution is 2.39. The fourth-order valence-electron chi connectivity index (χ4n) is 9.05. The van der Waals surface area contributed by atoms with Gasteiger partial charge in [-0.25, -0.2) is 4.79 Å². The van der Waals surface area contributed by atoms with E-state index in [0.29, 0.717) is 30.0 Å². The fraction of sp³-hybridized carbons (Fsp3) is 0.596. The molecule has 12 atom stereocenters. The minimum absolute atomic E-state index is 0.00706. The number of benzene rings is 2. The topological polar surface area (TPSA) is 195 Å². The maximum Gasteiger partial charge on any atom is 0.411 e. The van der Waals surface area contributed by atoms with Crippen LogP contribution in [0.3, 0.4) is 0 Å². The molecule has 0 radical (unpaired) electrons. The molecule has 4 rings (SSSR count). The summed E-state index contributed by atoms with van der Waals surface area (Å²) >= 11 is 0. The number of anilines is 1. The smallest absolute Gasteiger partial charge is 0.411 e. The molecule has 376 valence electrons. The van der Waals surface area contributed by atoms with Gasteiger partial charge < -0.3 is 38.0 Å². The molecule has 2 N–H and O–H groups in total. The van der Waals surface area contributed by atoms with Crippen molar-refractivity contribution in [3.05, 3.63) is 101 Å². The summed E-state index contributed by atoms with van der Waals surface area (Å²) in [5, 5.41) is 25.1. The third kappa shape index (κ3) is 15.8. The van der Waals surface area contributed by atoms with Gasteiger partial charge in [-0.05, 0) is 113 Å². The lowest BCUT2D eigenvalue weighted by Gasteiger charge is -2.41. The van der Waals surface area contributed by atoms with Crippen LogP contribution in [0.15, 0.2) is 90.6 Å². The van der Waals surface area contributed by atoms with E-state index < -0.39 is 73.3 Å². The lowest BCUT2D eigenvalue weighted by Crippen LogP contribution is -2.51. The van der Waals surface area contributed by atoms with Crippen molar-refractivity contribution >= 4 is 37.7 Å². The molecule has 68 heavy (non-hydrogen) atoms. The highest BCUT2D eigenvalue weighted by atomic mass is 28.4. The molecule has 15 nitrogen and oxygen atoms in total. The quantitative estimate of drug-likeness (QED) is 0.0123. The minimum Gasteiger partial charge on any atom is -0.483 e. The van der Waals surface area contributed by atoms with Crippen molar-refractivity contribution in [3.8, 4) is 5.75 Å².